The molecule has 0 radical (unpaired) electrons. The van der Waals surface area contributed by atoms with Crippen molar-refractivity contribution in [2.75, 3.05) is 6.61 Å². The average molecular weight is 231 g/mol. The fourth-order valence-corrected chi connectivity index (χ4v) is 1.69. The monoisotopic (exact) mass is 230 g/mol. The SMILES string of the molecule is O=c1c(Cl)c(O)cnn1[C@@H]1CCCCO1. The molecule has 1 saturated heterocycles. The molecule has 1 aliphatic heterocycles. The zero-order chi connectivity index (χ0) is 10.8. The fraction of sp³-hybridized carbons (Fsp3) is 0.556. The number of nitrogens with zero attached hydrogens (tertiary/aromatic N) is 2. The second-order valence-electron chi connectivity index (χ2n) is 3.41. The van der Waals surface area contributed by atoms with Crippen LogP contribution in [0, 0.1) is 0 Å². The lowest BCUT2D eigenvalue weighted by Crippen LogP contribution is -2.30. The Hall–Kier alpha value is -1.07. The van der Waals surface area contributed by atoms with Gasteiger partial charge in [-0.3, -0.25) is 4.79 Å². The van der Waals surface area contributed by atoms with Gasteiger partial charge in [0, 0.05) is 6.61 Å². The highest BCUT2D eigenvalue weighted by molar-refractivity contribution is 6.31. The summed E-state index contributed by atoms with van der Waals surface area (Å²) in [5.41, 5.74) is -0.511. The van der Waals surface area contributed by atoms with Gasteiger partial charge in [-0.2, -0.15) is 9.78 Å². The van der Waals surface area contributed by atoms with E-state index in [2.05, 4.69) is 5.10 Å². The van der Waals surface area contributed by atoms with Gasteiger partial charge in [-0.1, -0.05) is 11.6 Å². The molecule has 1 atom stereocenters. The summed E-state index contributed by atoms with van der Waals surface area (Å²) in [7, 11) is 0. The molecule has 0 aliphatic carbocycles. The predicted octanol–water partition coefficient (Wildman–Crippen LogP) is 1.30. The minimum absolute atomic E-state index is 0.209. The summed E-state index contributed by atoms with van der Waals surface area (Å²) in [6.07, 6.45) is 3.54. The topological polar surface area (TPSA) is 64.3 Å². The van der Waals surface area contributed by atoms with E-state index in [1.807, 2.05) is 0 Å². The third kappa shape index (κ3) is 1.98. The molecule has 0 aromatic carbocycles. The Kier molecular flexibility index (Phi) is 2.93. The van der Waals surface area contributed by atoms with Crippen LogP contribution in [0.2, 0.25) is 5.02 Å². The number of rotatable bonds is 1. The number of halogens is 1. The summed E-state index contributed by atoms with van der Waals surface area (Å²) in [4.78, 5) is 11.6. The van der Waals surface area contributed by atoms with E-state index in [4.69, 9.17) is 16.3 Å². The van der Waals surface area contributed by atoms with E-state index in [9.17, 15) is 9.90 Å². The molecule has 1 fully saturated rings. The van der Waals surface area contributed by atoms with Gasteiger partial charge in [0.1, 0.15) is 0 Å². The lowest BCUT2D eigenvalue weighted by molar-refractivity contribution is -0.0425. The normalized spacial score (nSPS) is 21.5. The Balaban J connectivity index is 2.35. The van der Waals surface area contributed by atoms with Gasteiger partial charge in [-0.05, 0) is 19.3 Å². The summed E-state index contributed by atoms with van der Waals surface area (Å²) < 4.78 is 6.58. The van der Waals surface area contributed by atoms with Gasteiger partial charge >= 0.3 is 0 Å². The van der Waals surface area contributed by atoms with Crippen LogP contribution in [0.3, 0.4) is 0 Å². The summed E-state index contributed by atoms with van der Waals surface area (Å²) in [5.74, 6) is -0.297. The van der Waals surface area contributed by atoms with Crippen LogP contribution >= 0.6 is 11.6 Å². The van der Waals surface area contributed by atoms with Crippen LogP contribution in [-0.2, 0) is 4.74 Å². The van der Waals surface area contributed by atoms with Crippen LogP contribution in [-0.4, -0.2) is 21.5 Å². The molecule has 1 aromatic heterocycles. The molecule has 0 spiro atoms. The molecular weight excluding hydrogens is 220 g/mol. The average Bonchev–Trinajstić information content (AvgIpc) is 2.27. The zero-order valence-electron chi connectivity index (χ0n) is 8.02. The summed E-state index contributed by atoms with van der Waals surface area (Å²) in [6, 6.07) is 0. The van der Waals surface area contributed by atoms with Crippen LogP contribution in [0.15, 0.2) is 11.0 Å². The molecular formula is C9H11ClN2O3. The van der Waals surface area contributed by atoms with Gasteiger partial charge in [-0.15, -0.1) is 0 Å². The van der Waals surface area contributed by atoms with Crippen molar-refractivity contribution in [2.24, 2.45) is 0 Å². The van der Waals surface area contributed by atoms with Gasteiger partial charge in [0.05, 0.1) is 6.20 Å². The number of ether oxygens (including phenoxy) is 1. The number of aromatic nitrogens is 2. The first kappa shape index (κ1) is 10.4. The molecule has 5 nitrogen and oxygen atoms in total. The molecule has 2 heterocycles. The molecule has 2 rings (SSSR count). The highest BCUT2D eigenvalue weighted by Gasteiger charge is 2.19. The minimum Gasteiger partial charge on any atom is -0.505 e. The summed E-state index contributed by atoms with van der Waals surface area (Å²) in [6.45, 7) is 0.622. The largest absolute Gasteiger partial charge is 0.505 e. The van der Waals surface area contributed by atoms with Crippen LogP contribution in [0.4, 0.5) is 0 Å². The molecule has 1 aliphatic rings. The number of hydrogen-bond acceptors (Lipinski definition) is 4. The number of aromatic hydroxyl groups is 1. The molecule has 0 bridgehead atoms. The number of hydrogen-bond donors (Lipinski definition) is 1. The van der Waals surface area contributed by atoms with Crippen molar-refractivity contribution in [3.05, 3.63) is 21.6 Å². The van der Waals surface area contributed by atoms with Crippen LogP contribution in [0.1, 0.15) is 25.5 Å². The van der Waals surface area contributed by atoms with Gasteiger partial charge in [-0.25, -0.2) is 0 Å². The van der Waals surface area contributed by atoms with E-state index in [0.29, 0.717) is 6.61 Å². The van der Waals surface area contributed by atoms with Crippen LogP contribution in [0.5, 0.6) is 5.75 Å². The van der Waals surface area contributed by atoms with Crippen molar-refractivity contribution in [3.8, 4) is 5.75 Å². The van der Waals surface area contributed by atoms with E-state index in [1.165, 1.54) is 4.68 Å². The Morgan fingerprint density at radius 3 is 3.07 bits per heavy atom. The Labute approximate surface area is 91.2 Å². The van der Waals surface area contributed by atoms with E-state index < -0.39 is 5.56 Å². The van der Waals surface area contributed by atoms with Gasteiger partial charge in [0.15, 0.2) is 17.0 Å². The van der Waals surface area contributed by atoms with Crippen molar-refractivity contribution in [3.63, 3.8) is 0 Å². The van der Waals surface area contributed by atoms with E-state index in [0.717, 1.165) is 25.5 Å². The second-order valence-corrected chi connectivity index (χ2v) is 3.79. The molecule has 0 unspecified atom stereocenters. The molecule has 15 heavy (non-hydrogen) atoms. The Morgan fingerprint density at radius 1 is 1.60 bits per heavy atom. The lowest BCUT2D eigenvalue weighted by Gasteiger charge is -2.23. The summed E-state index contributed by atoms with van der Waals surface area (Å²) in [5, 5.41) is 12.8. The van der Waals surface area contributed by atoms with Crippen molar-refractivity contribution in [2.45, 2.75) is 25.5 Å². The first-order chi connectivity index (χ1) is 7.20. The molecule has 6 heteroatoms. The van der Waals surface area contributed by atoms with Crippen LogP contribution in [0.25, 0.3) is 0 Å². The molecule has 82 valence electrons. The van der Waals surface area contributed by atoms with Crippen molar-refractivity contribution in [1.82, 2.24) is 9.78 Å². The highest BCUT2D eigenvalue weighted by atomic mass is 35.5. The fourth-order valence-electron chi connectivity index (χ4n) is 1.56. The third-order valence-electron chi connectivity index (χ3n) is 2.35. The first-order valence-corrected chi connectivity index (χ1v) is 5.16. The van der Waals surface area contributed by atoms with Crippen molar-refractivity contribution in [1.29, 1.82) is 0 Å². The zero-order valence-corrected chi connectivity index (χ0v) is 8.78. The maximum Gasteiger partial charge on any atom is 0.291 e. The molecule has 0 saturated carbocycles. The van der Waals surface area contributed by atoms with Crippen LogP contribution < -0.4 is 5.56 Å². The molecule has 0 amide bonds. The quantitative estimate of drug-likeness (QED) is 0.790. The van der Waals surface area contributed by atoms with Gasteiger partial charge in [0.25, 0.3) is 5.56 Å². The Morgan fingerprint density at radius 2 is 2.40 bits per heavy atom. The van der Waals surface area contributed by atoms with Gasteiger partial charge < -0.3 is 9.84 Å². The van der Waals surface area contributed by atoms with E-state index in [1.54, 1.807) is 0 Å². The van der Waals surface area contributed by atoms with E-state index in [-0.39, 0.29) is 17.0 Å². The third-order valence-corrected chi connectivity index (χ3v) is 2.71. The standard InChI is InChI=1S/C9H11ClN2O3/c10-8-6(13)5-11-12(9(8)14)7-3-1-2-4-15-7/h5,7,13H,1-4H2/t7-/m0/s1. The highest BCUT2D eigenvalue weighted by Crippen LogP contribution is 2.22. The molecule has 1 aromatic rings. The smallest absolute Gasteiger partial charge is 0.291 e. The first-order valence-electron chi connectivity index (χ1n) is 4.78. The maximum absolute atomic E-state index is 11.6. The second kappa shape index (κ2) is 4.20. The van der Waals surface area contributed by atoms with Crippen molar-refractivity contribution >= 4 is 11.6 Å². The molecule has 1 N–H and O–H groups in total. The van der Waals surface area contributed by atoms with Crippen molar-refractivity contribution < 1.29 is 9.84 Å². The van der Waals surface area contributed by atoms with E-state index >= 15 is 0 Å². The van der Waals surface area contributed by atoms with Gasteiger partial charge in [0.2, 0.25) is 0 Å². The summed E-state index contributed by atoms with van der Waals surface area (Å²) >= 11 is 5.62. The predicted molar refractivity (Wildman–Crippen MR) is 54.0 cm³/mol. The lowest BCUT2D eigenvalue weighted by atomic mass is 10.2. The minimum atomic E-state index is -0.511. The Bertz CT molecular complexity index is 412. The maximum atomic E-state index is 11.6.